The molecule has 1 aliphatic heterocycles. The van der Waals surface area contributed by atoms with Gasteiger partial charge in [0.05, 0.1) is 24.2 Å². The fraction of sp³-hybridized carbons (Fsp3) is 0.250. The van der Waals surface area contributed by atoms with Crippen molar-refractivity contribution < 1.29 is 13.2 Å². The van der Waals surface area contributed by atoms with Crippen molar-refractivity contribution in [2.45, 2.75) is 17.5 Å². The van der Waals surface area contributed by atoms with E-state index in [1.54, 1.807) is 24.3 Å². The molecule has 1 N–H and O–H groups in total. The third-order valence-corrected chi connectivity index (χ3v) is 4.72. The van der Waals surface area contributed by atoms with Crippen LogP contribution in [0.3, 0.4) is 0 Å². The molecule has 5 heteroatoms. The molecule has 0 amide bonds. The number of sulfone groups is 1. The van der Waals surface area contributed by atoms with Gasteiger partial charge < -0.3 is 10.1 Å². The van der Waals surface area contributed by atoms with Crippen LogP contribution in [-0.4, -0.2) is 21.3 Å². The quantitative estimate of drug-likeness (QED) is 0.947. The summed E-state index contributed by atoms with van der Waals surface area (Å²) in [6, 6.07) is 15.1. The van der Waals surface area contributed by atoms with Gasteiger partial charge in [-0.1, -0.05) is 24.3 Å². The van der Waals surface area contributed by atoms with E-state index < -0.39 is 9.84 Å². The Balaban J connectivity index is 1.82. The topological polar surface area (TPSA) is 55.4 Å². The zero-order valence-corrected chi connectivity index (χ0v) is 12.6. The second kappa shape index (κ2) is 5.50. The third kappa shape index (κ3) is 3.09. The summed E-state index contributed by atoms with van der Waals surface area (Å²) in [6.45, 7) is 1.24. The number of benzene rings is 2. The molecule has 0 bridgehead atoms. The summed E-state index contributed by atoms with van der Waals surface area (Å²) in [4.78, 5) is 0.327. The molecule has 1 atom stereocenters. The minimum Gasteiger partial charge on any atom is -0.376 e. The van der Waals surface area contributed by atoms with Gasteiger partial charge >= 0.3 is 0 Å². The Kier molecular flexibility index (Phi) is 3.69. The van der Waals surface area contributed by atoms with Crippen molar-refractivity contribution in [1.29, 1.82) is 0 Å². The molecule has 21 heavy (non-hydrogen) atoms. The summed E-state index contributed by atoms with van der Waals surface area (Å²) in [5.41, 5.74) is 3.30. The normalized spacial score (nSPS) is 18.0. The lowest BCUT2D eigenvalue weighted by atomic mass is 9.99. The minimum atomic E-state index is -3.15. The van der Waals surface area contributed by atoms with Gasteiger partial charge in [-0.2, -0.15) is 0 Å². The van der Waals surface area contributed by atoms with Crippen LogP contribution in [0, 0.1) is 0 Å². The fourth-order valence-corrected chi connectivity index (χ4v) is 3.13. The van der Waals surface area contributed by atoms with Gasteiger partial charge in [0.25, 0.3) is 0 Å². The summed E-state index contributed by atoms with van der Waals surface area (Å²) in [6.07, 6.45) is 1.21. The van der Waals surface area contributed by atoms with Crippen molar-refractivity contribution in [3.05, 3.63) is 59.7 Å². The molecule has 0 saturated heterocycles. The van der Waals surface area contributed by atoms with Crippen LogP contribution in [-0.2, 0) is 21.2 Å². The zero-order valence-electron chi connectivity index (χ0n) is 11.7. The Morgan fingerprint density at radius 1 is 1.10 bits per heavy atom. The molecule has 4 nitrogen and oxygen atoms in total. The maximum Gasteiger partial charge on any atom is 0.175 e. The monoisotopic (exact) mass is 303 g/mol. The number of hydrogen-bond acceptors (Lipinski definition) is 4. The van der Waals surface area contributed by atoms with Gasteiger partial charge in [0, 0.05) is 11.9 Å². The van der Waals surface area contributed by atoms with Crippen molar-refractivity contribution >= 4 is 15.5 Å². The van der Waals surface area contributed by atoms with Crippen molar-refractivity contribution in [2.24, 2.45) is 0 Å². The SMILES string of the molecule is CS(=O)(=O)c1ccc(NC2COCc3ccccc32)cc1. The molecule has 2 aromatic rings. The van der Waals surface area contributed by atoms with E-state index in [-0.39, 0.29) is 6.04 Å². The van der Waals surface area contributed by atoms with Gasteiger partial charge in [0.15, 0.2) is 9.84 Å². The third-order valence-electron chi connectivity index (χ3n) is 3.60. The highest BCUT2D eigenvalue weighted by Crippen LogP contribution is 2.28. The Hall–Kier alpha value is -1.85. The Labute approximate surface area is 124 Å². The van der Waals surface area contributed by atoms with Gasteiger partial charge in [-0.05, 0) is 35.4 Å². The average Bonchev–Trinajstić information content (AvgIpc) is 2.47. The average molecular weight is 303 g/mol. The van der Waals surface area contributed by atoms with Gasteiger partial charge in [-0.15, -0.1) is 0 Å². The molecular formula is C16H17NO3S. The van der Waals surface area contributed by atoms with Gasteiger partial charge in [-0.3, -0.25) is 0 Å². The maximum atomic E-state index is 11.5. The standard InChI is InChI=1S/C16H17NO3S/c1-21(18,19)14-8-6-13(7-9-14)17-16-11-20-10-12-4-2-3-5-15(12)16/h2-9,16-17H,10-11H2,1H3. The van der Waals surface area contributed by atoms with Crippen molar-refractivity contribution in [3.63, 3.8) is 0 Å². The molecule has 1 aliphatic rings. The van der Waals surface area contributed by atoms with E-state index in [4.69, 9.17) is 4.74 Å². The van der Waals surface area contributed by atoms with Crippen LogP contribution in [0.15, 0.2) is 53.4 Å². The second-order valence-electron chi connectivity index (χ2n) is 5.21. The fourth-order valence-electron chi connectivity index (χ4n) is 2.50. The van der Waals surface area contributed by atoms with Gasteiger partial charge in [0.1, 0.15) is 0 Å². The van der Waals surface area contributed by atoms with Crippen molar-refractivity contribution in [2.75, 3.05) is 18.2 Å². The molecule has 0 aromatic heterocycles. The first kappa shape index (κ1) is 14.1. The molecule has 1 heterocycles. The van der Waals surface area contributed by atoms with Crippen LogP contribution in [0.2, 0.25) is 0 Å². The summed E-state index contributed by atoms with van der Waals surface area (Å²) < 4.78 is 28.5. The molecule has 3 rings (SSSR count). The van der Waals surface area contributed by atoms with E-state index in [2.05, 4.69) is 17.4 Å². The lowest BCUT2D eigenvalue weighted by Crippen LogP contribution is -2.23. The lowest BCUT2D eigenvalue weighted by Gasteiger charge is -2.27. The minimum absolute atomic E-state index is 0.0824. The smallest absolute Gasteiger partial charge is 0.175 e. The Morgan fingerprint density at radius 3 is 2.52 bits per heavy atom. The van der Waals surface area contributed by atoms with E-state index in [9.17, 15) is 8.42 Å². The summed E-state index contributed by atoms with van der Waals surface area (Å²) in [5, 5.41) is 3.40. The predicted molar refractivity (Wildman–Crippen MR) is 82.0 cm³/mol. The lowest BCUT2D eigenvalue weighted by molar-refractivity contribution is 0.0970. The van der Waals surface area contributed by atoms with E-state index in [0.717, 1.165) is 5.69 Å². The highest BCUT2D eigenvalue weighted by molar-refractivity contribution is 7.90. The highest BCUT2D eigenvalue weighted by Gasteiger charge is 2.20. The number of anilines is 1. The number of rotatable bonds is 3. The molecule has 1 unspecified atom stereocenters. The van der Waals surface area contributed by atoms with E-state index in [0.29, 0.717) is 18.1 Å². The number of nitrogens with one attached hydrogen (secondary N) is 1. The molecular weight excluding hydrogens is 286 g/mol. The van der Waals surface area contributed by atoms with Crippen LogP contribution < -0.4 is 5.32 Å². The van der Waals surface area contributed by atoms with Gasteiger partial charge in [0.2, 0.25) is 0 Å². The molecule has 0 saturated carbocycles. The Bertz CT molecular complexity index is 738. The first-order chi connectivity index (χ1) is 10.0. The first-order valence-corrected chi connectivity index (χ1v) is 8.65. The molecule has 0 spiro atoms. The second-order valence-corrected chi connectivity index (χ2v) is 7.22. The first-order valence-electron chi connectivity index (χ1n) is 6.76. The molecule has 0 radical (unpaired) electrons. The summed E-state index contributed by atoms with van der Waals surface area (Å²) >= 11 is 0. The summed E-state index contributed by atoms with van der Waals surface area (Å²) in [7, 11) is -3.15. The van der Waals surface area contributed by atoms with Crippen LogP contribution in [0.1, 0.15) is 17.2 Å². The number of hydrogen-bond donors (Lipinski definition) is 1. The predicted octanol–water partition coefficient (Wildman–Crippen LogP) is 2.77. The van der Waals surface area contributed by atoms with Crippen LogP contribution >= 0.6 is 0 Å². The number of ether oxygens (including phenoxy) is 1. The van der Waals surface area contributed by atoms with Crippen molar-refractivity contribution in [1.82, 2.24) is 0 Å². The van der Waals surface area contributed by atoms with Gasteiger partial charge in [-0.25, -0.2) is 8.42 Å². The van der Waals surface area contributed by atoms with Crippen LogP contribution in [0.4, 0.5) is 5.69 Å². The zero-order chi connectivity index (χ0) is 14.9. The Morgan fingerprint density at radius 2 is 1.81 bits per heavy atom. The van der Waals surface area contributed by atoms with E-state index in [1.807, 2.05) is 12.1 Å². The summed E-state index contributed by atoms with van der Waals surface area (Å²) in [5.74, 6) is 0. The van der Waals surface area contributed by atoms with Crippen molar-refractivity contribution in [3.8, 4) is 0 Å². The largest absolute Gasteiger partial charge is 0.376 e. The van der Waals surface area contributed by atoms with Crippen LogP contribution in [0.5, 0.6) is 0 Å². The van der Waals surface area contributed by atoms with E-state index >= 15 is 0 Å². The maximum absolute atomic E-state index is 11.5. The molecule has 2 aromatic carbocycles. The highest BCUT2D eigenvalue weighted by atomic mass is 32.2. The molecule has 0 fully saturated rings. The van der Waals surface area contributed by atoms with Crippen LogP contribution in [0.25, 0.3) is 0 Å². The molecule has 0 aliphatic carbocycles. The van der Waals surface area contributed by atoms with E-state index in [1.165, 1.54) is 17.4 Å². The number of fused-ring (bicyclic) bond motifs is 1. The molecule has 110 valence electrons.